The minimum Gasteiger partial charge on any atom is -0.384 e. The Morgan fingerprint density at radius 1 is 1.21 bits per heavy atom. The molecule has 0 aliphatic carbocycles. The van der Waals surface area contributed by atoms with E-state index < -0.39 is 21.6 Å². The summed E-state index contributed by atoms with van der Waals surface area (Å²) in [6, 6.07) is 2.91. The van der Waals surface area contributed by atoms with E-state index in [0.29, 0.717) is 6.54 Å². The molecule has 0 saturated carbocycles. The normalized spacial score (nSPS) is 11.8. The second kappa shape index (κ2) is 9.03. The zero-order valence-electron chi connectivity index (χ0n) is 17.7. The molecule has 0 fully saturated rings. The van der Waals surface area contributed by atoms with Gasteiger partial charge < -0.3 is 9.88 Å². The topological polar surface area (TPSA) is 151 Å². The molecule has 33 heavy (non-hydrogen) atoms. The van der Waals surface area contributed by atoms with Crippen LogP contribution in [0.25, 0.3) is 33.5 Å². The first kappa shape index (κ1) is 23.9. The molecule has 0 bridgehead atoms. The van der Waals surface area contributed by atoms with Crippen molar-refractivity contribution in [2.24, 2.45) is 12.2 Å². The third-order valence-corrected chi connectivity index (χ3v) is 6.33. The molecular weight excluding hydrogens is 463 g/mol. The number of pyridine rings is 2. The molecule has 0 aliphatic rings. The summed E-state index contributed by atoms with van der Waals surface area (Å²) in [6.45, 7) is 3.61. The number of rotatable bonds is 7. The van der Waals surface area contributed by atoms with Gasteiger partial charge >= 0.3 is 6.18 Å². The molecule has 0 spiro atoms. The number of nitrogens with zero attached hydrogens (tertiary/aromatic N) is 8. The van der Waals surface area contributed by atoms with Crippen molar-refractivity contribution in [2.75, 3.05) is 17.6 Å². The highest BCUT2D eigenvalue weighted by molar-refractivity contribution is 7.91. The molecule has 15 heteroatoms. The third-order valence-electron chi connectivity index (χ3n) is 4.59. The van der Waals surface area contributed by atoms with Crippen LogP contribution in [0.5, 0.6) is 0 Å². The number of aromatic nitrogens is 5. The molecule has 0 radical (unpaired) electrons. The maximum atomic E-state index is 13.1. The van der Waals surface area contributed by atoms with Crippen LogP contribution in [0.1, 0.15) is 19.4 Å². The Balaban J connectivity index is 2.27. The average Bonchev–Trinajstić information content (AvgIpc) is 3.15. The molecule has 174 valence electrons. The molecular formula is C18H18F3N9O2S. The molecule has 0 saturated heterocycles. The largest absolute Gasteiger partial charge is 0.416 e. The predicted octanol–water partition coefficient (Wildman–Crippen LogP) is 4.13. The van der Waals surface area contributed by atoms with E-state index >= 15 is 0 Å². The second-order valence-electron chi connectivity index (χ2n) is 6.66. The number of hydrogen-bond donors (Lipinski definition) is 1. The van der Waals surface area contributed by atoms with Gasteiger partial charge in [-0.15, -0.1) is 10.2 Å². The lowest BCUT2D eigenvalue weighted by Crippen LogP contribution is -2.11. The highest BCUT2D eigenvalue weighted by Crippen LogP contribution is 2.35. The first-order valence-electron chi connectivity index (χ1n) is 9.53. The summed E-state index contributed by atoms with van der Waals surface area (Å²) in [6.07, 6.45) is -3.60. The monoisotopic (exact) mass is 481 g/mol. The van der Waals surface area contributed by atoms with Crippen LogP contribution in [0.2, 0.25) is 0 Å². The number of azide groups is 1. The molecule has 0 amide bonds. The van der Waals surface area contributed by atoms with Gasteiger partial charge in [0.25, 0.3) is 0 Å². The summed E-state index contributed by atoms with van der Waals surface area (Å²) in [7, 11) is -2.40. The van der Waals surface area contributed by atoms with Crippen LogP contribution in [0.3, 0.4) is 0 Å². The number of nitrogens with one attached hydrogen (secondary N) is 1. The van der Waals surface area contributed by atoms with Gasteiger partial charge in [0, 0.05) is 24.7 Å². The maximum absolute atomic E-state index is 13.1. The Kier molecular flexibility index (Phi) is 6.56. The van der Waals surface area contributed by atoms with Crippen molar-refractivity contribution in [1.29, 1.82) is 0 Å². The van der Waals surface area contributed by atoms with Gasteiger partial charge in [-0.2, -0.15) is 13.2 Å². The number of hydrogen-bond acceptors (Lipinski definition) is 8. The molecule has 11 nitrogen and oxygen atoms in total. The van der Waals surface area contributed by atoms with Crippen molar-refractivity contribution in [1.82, 2.24) is 24.7 Å². The third kappa shape index (κ3) is 4.73. The van der Waals surface area contributed by atoms with E-state index in [-0.39, 0.29) is 45.2 Å². The standard InChI is InChI=1S/C18H18F3N9O2S/c1-4-23-11-9-13(33(31,32)5-2)14(25-15(11)26-29-22)17-28-27-16(30(17)3)12-8-10(6-7-24-12)18(19,20)21/h6-9,23H,4-5H2,1-3H3. The molecule has 0 aromatic carbocycles. The SMILES string of the molecule is CCNc1cc(S(=O)(=O)CC)c(-c2nnc(-c3cc(C(F)(F)F)ccn3)n2C)nc1N=[N+]=[N-]. The molecule has 3 aromatic rings. The fourth-order valence-electron chi connectivity index (χ4n) is 2.96. The highest BCUT2D eigenvalue weighted by atomic mass is 32.2. The summed E-state index contributed by atoms with van der Waals surface area (Å²) in [5.74, 6) is -0.479. The fraction of sp³-hybridized carbons (Fsp3) is 0.333. The Morgan fingerprint density at radius 3 is 2.52 bits per heavy atom. The summed E-state index contributed by atoms with van der Waals surface area (Å²) in [5, 5.41) is 14.2. The predicted molar refractivity (Wildman–Crippen MR) is 113 cm³/mol. The molecule has 0 atom stereocenters. The fourth-order valence-corrected chi connectivity index (χ4v) is 4.00. The molecule has 1 N–H and O–H groups in total. The van der Waals surface area contributed by atoms with Crippen LogP contribution in [-0.4, -0.2) is 45.4 Å². The van der Waals surface area contributed by atoms with Crippen LogP contribution < -0.4 is 5.32 Å². The molecule has 3 heterocycles. The average molecular weight is 481 g/mol. The van der Waals surface area contributed by atoms with Crippen LogP contribution in [0, 0.1) is 0 Å². The first-order valence-corrected chi connectivity index (χ1v) is 11.2. The van der Waals surface area contributed by atoms with E-state index in [9.17, 15) is 21.6 Å². The molecule has 0 aliphatic heterocycles. The number of halogens is 3. The van der Waals surface area contributed by atoms with E-state index in [2.05, 4.69) is 35.5 Å². The first-order chi connectivity index (χ1) is 15.5. The Bertz CT molecular complexity index is 1350. The van der Waals surface area contributed by atoms with Crippen molar-refractivity contribution < 1.29 is 21.6 Å². The van der Waals surface area contributed by atoms with Gasteiger partial charge in [0.05, 0.1) is 21.9 Å². The highest BCUT2D eigenvalue weighted by Gasteiger charge is 2.32. The molecule has 3 aromatic heterocycles. The zero-order valence-corrected chi connectivity index (χ0v) is 18.5. The van der Waals surface area contributed by atoms with E-state index in [1.807, 2.05) is 0 Å². The van der Waals surface area contributed by atoms with Crippen LogP contribution in [0.4, 0.5) is 24.7 Å². The Labute approximate surface area is 186 Å². The maximum Gasteiger partial charge on any atom is 0.416 e. The van der Waals surface area contributed by atoms with Gasteiger partial charge in [-0.1, -0.05) is 6.92 Å². The van der Waals surface area contributed by atoms with Crippen LogP contribution in [0.15, 0.2) is 34.4 Å². The van der Waals surface area contributed by atoms with Crippen molar-refractivity contribution in [3.05, 3.63) is 40.4 Å². The Hall–Kier alpha value is -3.71. The minimum absolute atomic E-state index is 0.0427. The van der Waals surface area contributed by atoms with Crippen LogP contribution >= 0.6 is 0 Å². The van der Waals surface area contributed by atoms with Gasteiger partial charge in [0.1, 0.15) is 11.4 Å². The lowest BCUT2D eigenvalue weighted by Gasteiger charge is -2.14. The molecule has 0 unspecified atom stereocenters. The summed E-state index contributed by atoms with van der Waals surface area (Å²) < 4.78 is 66.2. The summed E-state index contributed by atoms with van der Waals surface area (Å²) in [4.78, 5) is 10.6. The smallest absolute Gasteiger partial charge is 0.384 e. The van der Waals surface area contributed by atoms with Gasteiger partial charge in [-0.25, -0.2) is 13.4 Å². The van der Waals surface area contributed by atoms with E-state index in [0.717, 1.165) is 18.3 Å². The number of anilines is 1. The lowest BCUT2D eigenvalue weighted by molar-refractivity contribution is -0.137. The zero-order chi connectivity index (χ0) is 24.4. The van der Waals surface area contributed by atoms with Crippen molar-refractivity contribution in [2.45, 2.75) is 24.9 Å². The van der Waals surface area contributed by atoms with Crippen molar-refractivity contribution >= 4 is 21.3 Å². The van der Waals surface area contributed by atoms with E-state index in [1.165, 1.54) is 24.6 Å². The van der Waals surface area contributed by atoms with Gasteiger partial charge in [0.15, 0.2) is 27.3 Å². The van der Waals surface area contributed by atoms with Crippen molar-refractivity contribution in [3.63, 3.8) is 0 Å². The van der Waals surface area contributed by atoms with Gasteiger partial charge in [0.2, 0.25) is 0 Å². The lowest BCUT2D eigenvalue weighted by atomic mass is 10.2. The number of alkyl halides is 3. The summed E-state index contributed by atoms with van der Waals surface area (Å²) in [5.41, 5.74) is 7.89. The minimum atomic E-state index is -4.59. The van der Waals surface area contributed by atoms with Gasteiger partial charge in [-0.05, 0) is 35.8 Å². The van der Waals surface area contributed by atoms with Crippen LogP contribution in [-0.2, 0) is 23.1 Å². The van der Waals surface area contributed by atoms with Gasteiger partial charge in [-0.3, -0.25) is 4.98 Å². The molecule has 3 rings (SSSR count). The van der Waals surface area contributed by atoms with Crippen molar-refractivity contribution in [3.8, 4) is 23.0 Å². The Morgan fingerprint density at radius 2 is 1.91 bits per heavy atom. The van der Waals surface area contributed by atoms with E-state index in [4.69, 9.17) is 5.53 Å². The second-order valence-corrected chi connectivity index (χ2v) is 8.91. The number of sulfone groups is 1. The summed E-state index contributed by atoms with van der Waals surface area (Å²) >= 11 is 0. The quantitative estimate of drug-likeness (QED) is 0.303. The van der Waals surface area contributed by atoms with E-state index in [1.54, 1.807) is 6.92 Å².